The molecule has 1 saturated heterocycles. The van der Waals surface area contributed by atoms with E-state index in [9.17, 15) is 0 Å². The first-order valence-corrected chi connectivity index (χ1v) is 10.2. The Morgan fingerprint density at radius 2 is 1.93 bits per heavy atom. The highest BCUT2D eigenvalue weighted by molar-refractivity contribution is 8.17. The molecule has 0 saturated carbocycles. The Hall–Kier alpha value is -2.20. The summed E-state index contributed by atoms with van der Waals surface area (Å²) < 4.78 is 0. The zero-order valence-corrected chi connectivity index (χ0v) is 17.6. The van der Waals surface area contributed by atoms with E-state index in [1.54, 1.807) is 0 Å². The van der Waals surface area contributed by atoms with Crippen molar-refractivity contribution in [3.8, 4) is 0 Å². The lowest BCUT2D eigenvalue weighted by Crippen LogP contribution is -2.16. The van der Waals surface area contributed by atoms with Crippen molar-refractivity contribution in [3.63, 3.8) is 0 Å². The molecule has 1 fully saturated rings. The number of aliphatic imine (C=N–C) groups is 1. The van der Waals surface area contributed by atoms with Crippen molar-refractivity contribution in [2.24, 2.45) is 10.9 Å². The molecule has 0 N–H and O–H groups in total. The number of nitrogens with zero attached hydrogens (tertiary/aromatic N) is 3. The molecule has 0 spiro atoms. The van der Waals surface area contributed by atoms with E-state index < -0.39 is 0 Å². The van der Waals surface area contributed by atoms with Crippen molar-refractivity contribution >= 4 is 22.5 Å². The van der Waals surface area contributed by atoms with Gasteiger partial charge in [0, 0.05) is 18.3 Å². The molecule has 3 nitrogen and oxygen atoms in total. The summed E-state index contributed by atoms with van der Waals surface area (Å²) in [5.41, 5.74) is 5.94. The van der Waals surface area contributed by atoms with E-state index in [0.717, 1.165) is 35.1 Å². The Bertz CT molecular complexity index is 903. The number of allylic oxidation sites excluding steroid dienone is 3. The third kappa shape index (κ3) is 5.16. The third-order valence-electron chi connectivity index (χ3n) is 4.66. The third-order valence-corrected chi connectivity index (χ3v) is 6.00. The summed E-state index contributed by atoms with van der Waals surface area (Å²) in [5, 5.41) is 1.10. The number of hydrogen-bond acceptors (Lipinski definition) is 4. The molecule has 0 amide bonds. The minimum Gasteiger partial charge on any atom is -0.241 e. The van der Waals surface area contributed by atoms with Gasteiger partial charge in [0.15, 0.2) is 0 Å². The molecule has 1 aromatic carbocycles. The topological polar surface area (TPSA) is 38.1 Å². The van der Waals surface area contributed by atoms with Gasteiger partial charge in [0.2, 0.25) is 0 Å². The van der Waals surface area contributed by atoms with Crippen LogP contribution in [0.5, 0.6) is 0 Å². The molecule has 0 aliphatic carbocycles. The first-order chi connectivity index (χ1) is 12.9. The van der Waals surface area contributed by atoms with Gasteiger partial charge in [-0.15, -0.1) is 0 Å². The van der Waals surface area contributed by atoms with Crippen molar-refractivity contribution in [3.05, 3.63) is 75.7 Å². The van der Waals surface area contributed by atoms with Crippen molar-refractivity contribution in [1.29, 1.82) is 0 Å². The summed E-state index contributed by atoms with van der Waals surface area (Å²) >= 11 is 1.81. The molecule has 4 heteroatoms. The maximum atomic E-state index is 4.99. The largest absolute Gasteiger partial charge is 0.241 e. The minimum absolute atomic E-state index is 0.435. The van der Waals surface area contributed by atoms with Crippen LogP contribution < -0.4 is 0 Å². The Morgan fingerprint density at radius 1 is 1.19 bits per heavy atom. The van der Waals surface area contributed by atoms with Crippen molar-refractivity contribution in [1.82, 2.24) is 9.97 Å². The van der Waals surface area contributed by atoms with Crippen LogP contribution in [-0.4, -0.2) is 15.0 Å². The summed E-state index contributed by atoms with van der Waals surface area (Å²) in [4.78, 5) is 15.3. The van der Waals surface area contributed by atoms with Crippen molar-refractivity contribution in [2.45, 2.75) is 47.5 Å². The van der Waals surface area contributed by atoms with Crippen LogP contribution in [0.4, 0.5) is 5.69 Å². The first-order valence-electron chi connectivity index (χ1n) is 9.41. The predicted octanol–water partition coefficient (Wildman–Crippen LogP) is 6.36. The predicted molar refractivity (Wildman–Crippen MR) is 117 cm³/mol. The maximum Gasteiger partial charge on any atom is 0.132 e. The minimum atomic E-state index is 0.435. The average Bonchev–Trinajstić information content (AvgIpc) is 2.62. The molecule has 1 aromatic heterocycles. The summed E-state index contributed by atoms with van der Waals surface area (Å²) in [6.07, 6.45) is 5.90. The van der Waals surface area contributed by atoms with E-state index >= 15 is 0 Å². The van der Waals surface area contributed by atoms with Gasteiger partial charge in [-0.25, -0.2) is 15.0 Å². The highest BCUT2D eigenvalue weighted by atomic mass is 32.2. The lowest BCUT2D eigenvalue weighted by molar-refractivity contribution is 0.705. The normalized spacial score (nSPS) is 20.3. The number of benzene rings is 1. The maximum absolute atomic E-state index is 4.99. The zero-order chi connectivity index (χ0) is 19.4. The van der Waals surface area contributed by atoms with E-state index in [4.69, 9.17) is 4.99 Å². The molecule has 3 rings (SSSR count). The summed E-state index contributed by atoms with van der Waals surface area (Å²) in [6.45, 7) is 10.8. The number of rotatable bonds is 3. The second-order valence-corrected chi connectivity index (χ2v) is 8.44. The van der Waals surface area contributed by atoms with Crippen LogP contribution in [0.3, 0.4) is 0 Å². The van der Waals surface area contributed by atoms with Crippen LogP contribution in [0.2, 0.25) is 0 Å². The van der Waals surface area contributed by atoms with Crippen LogP contribution in [0.25, 0.3) is 0 Å². The highest BCUT2D eigenvalue weighted by Gasteiger charge is 2.25. The molecular weight excluding hydrogens is 350 g/mol. The molecule has 0 radical (unpaired) electrons. The number of aryl methyl sites for hydroxylation is 2. The van der Waals surface area contributed by atoms with Gasteiger partial charge in [-0.1, -0.05) is 48.0 Å². The van der Waals surface area contributed by atoms with Crippen LogP contribution in [-0.2, 0) is 6.42 Å². The van der Waals surface area contributed by atoms with E-state index in [1.165, 1.54) is 21.6 Å². The molecule has 2 heterocycles. The quantitative estimate of drug-likeness (QED) is 0.624. The van der Waals surface area contributed by atoms with Gasteiger partial charge in [-0.05, 0) is 68.7 Å². The zero-order valence-electron chi connectivity index (χ0n) is 16.8. The van der Waals surface area contributed by atoms with E-state index in [2.05, 4.69) is 68.0 Å². The van der Waals surface area contributed by atoms with Gasteiger partial charge in [-0.3, -0.25) is 0 Å². The van der Waals surface area contributed by atoms with Crippen LogP contribution >= 0.6 is 11.8 Å². The van der Waals surface area contributed by atoms with Crippen LogP contribution in [0.15, 0.2) is 63.6 Å². The SMILES string of the molecule is CC(C)=C1CC(C)C(=C\Cc2nccc(C)n2)/C(=N/c2ccc(C)cc2)S1. The van der Waals surface area contributed by atoms with Gasteiger partial charge >= 0.3 is 0 Å². The fourth-order valence-electron chi connectivity index (χ4n) is 3.04. The monoisotopic (exact) mass is 377 g/mol. The molecule has 140 valence electrons. The molecule has 1 unspecified atom stereocenters. The molecule has 1 aliphatic heterocycles. The fourth-order valence-corrected chi connectivity index (χ4v) is 4.36. The lowest BCUT2D eigenvalue weighted by Gasteiger charge is -2.26. The summed E-state index contributed by atoms with van der Waals surface area (Å²) in [7, 11) is 0. The van der Waals surface area contributed by atoms with Gasteiger partial charge in [0.05, 0.1) is 5.69 Å². The van der Waals surface area contributed by atoms with E-state index in [-0.39, 0.29) is 0 Å². The van der Waals surface area contributed by atoms with Gasteiger partial charge < -0.3 is 0 Å². The Labute approximate surface area is 166 Å². The molecule has 27 heavy (non-hydrogen) atoms. The smallest absolute Gasteiger partial charge is 0.132 e. The second kappa shape index (κ2) is 8.66. The summed E-state index contributed by atoms with van der Waals surface area (Å²) in [5.74, 6) is 1.30. The van der Waals surface area contributed by atoms with Gasteiger partial charge in [-0.2, -0.15) is 0 Å². The Morgan fingerprint density at radius 3 is 2.59 bits per heavy atom. The first kappa shape index (κ1) is 19.6. The molecule has 1 aliphatic rings. The number of hydrogen-bond donors (Lipinski definition) is 0. The molecule has 1 atom stereocenters. The van der Waals surface area contributed by atoms with Gasteiger partial charge in [0.1, 0.15) is 10.9 Å². The summed E-state index contributed by atoms with van der Waals surface area (Å²) in [6, 6.07) is 10.3. The molecule has 2 aromatic rings. The fraction of sp³-hybridized carbons (Fsp3) is 0.348. The molecule has 0 bridgehead atoms. The Kier molecular flexibility index (Phi) is 6.27. The number of aromatic nitrogens is 2. The van der Waals surface area contributed by atoms with Crippen LogP contribution in [0, 0.1) is 19.8 Å². The lowest BCUT2D eigenvalue weighted by atomic mass is 9.95. The van der Waals surface area contributed by atoms with E-state index in [0.29, 0.717) is 5.92 Å². The highest BCUT2D eigenvalue weighted by Crippen LogP contribution is 2.41. The van der Waals surface area contributed by atoms with Crippen molar-refractivity contribution in [2.75, 3.05) is 0 Å². The van der Waals surface area contributed by atoms with Crippen molar-refractivity contribution < 1.29 is 0 Å². The van der Waals surface area contributed by atoms with E-state index in [1.807, 2.05) is 30.9 Å². The average molecular weight is 378 g/mol. The van der Waals surface area contributed by atoms with Crippen LogP contribution in [0.1, 0.15) is 44.3 Å². The number of thioether (sulfide) groups is 1. The second-order valence-electron chi connectivity index (χ2n) is 7.36. The Balaban J connectivity index is 1.96. The van der Waals surface area contributed by atoms with Gasteiger partial charge in [0.25, 0.3) is 0 Å². The molecular formula is C23H27N3S. The standard InChI is InChI=1S/C23H27N3S/c1-15(2)21-14-17(4)20(10-11-22-24-13-12-18(5)25-22)23(27-21)26-19-8-6-16(3)7-9-19/h6-10,12-13,17H,11,14H2,1-5H3/b20-10+,26-23-.